The molecule has 0 spiro atoms. The normalized spacial score (nSPS) is 41.5. The van der Waals surface area contributed by atoms with Crippen LogP contribution in [0.1, 0.15) is 52.4 Å². The first-order valence-electron chi connectivity index (χ1n) is 8.62. The number of nitrogens with one attached hydrogen (secondary N) is 1. The van der Waals surface area contributed by atoms with Gasteiger partial charge < -0.3 is 10.1 Å². The van der Waals surface area contributed by atoms with Crippen molar-refractivity contribution in [3.8, 4) is 0 Å². The highest BCUT2D eigenvalue weighted by Gasteiger charge is 2.40. The molecular weight excluding hydrogens is 248 g/mol. The predicted molar refractivity (Wildman–Crippen MR) is 82.9 cm³/mol. The maximum atomic E-state index is 5.96. The number of morpholine rings is 1. The molecule has 20 heavy (non-hydrogen) atoms. The van der Waals surface area contributed by atoms with Gasteiger partial charge in [0.15, 0.2) is 0 Å². The maximum Gasteiger partial charge on any atom is 0.0730 e. The average molecular weight is 280 g/mol. The lowest BCUT2D eigenvalue weighted by atomic mass is 9.69. The highest BCUT2D eigenvalue weighted by molar-refractivity contribution is 4.94. The van der Waals surface area contributed by atoms with E-state index in [4.69, 9.17) is 4.74 Å². The van der Waals surface area contributed by atoms with E-state index in [1.807, 2.05) is 0 Å². The van der Waals surface area contributed by atoms with Crippen molar-refractivity contribution < 1.29 is 4.74 Å². The Bertz CT molecular complexity index is 331. The first kappa shape index (κ1) is 14.8. The van der Waals surface area contributed by atoms with Crippen LogP contribution in [-0.2, 0) is 4.74 Å². The van der Waals surface area contributed by atoms with Gasteiger partial charge >= 0.3 is 0 Å². The summed E-state index contributed by atoms with van der Waals surface area (Å²) in [5.74, 6) is 0.808. The molecule has 1 heterocycles. The Morgan fingerprint density at radius 1 is 1.25 bits per heavy atom. The molecule has 0 aromatic carbocycles. The lowest BCUT2D eigenvalue weighted by Gasteiger charge is -2.45. The third-order valence-electron chi connectivity index (χ3n) is 5.95. The number of hydrogen-bond donors (Lipinski definition) is 1. The summed E-state index contributed by atoms with van der Waals surface area (Å²) in [6, 6.07) is 1.43. The Balaban J connectivity index is 1.65. The second-order valence-electron chi connectivity index (χ2n) is 7.96. The van der Waals surface area contributed by atoms with Crippen LogP contribution in [0.2, 0.25) is 0 Å². The van der Waals surface area contributed by atoms with Crippen molar-refractivity contribution in [2.75, 3.05) is 26.7 Å². The van der Waals surface area contributed by atoms with Gasteiger partial charge in [-0.25, -0.2) is 0 Å². The Hall–Kier alpha value is -0.120. The molecule has 0 aromatic rings. The van der Waals surface area contributed by atoms with Gasteiger partial charge in [-0.2, -0.15) is 0 Å². The molecule has 3 rings (SSSR count). The van der Waals surface area contributed by atoms with Crippen molar-refractivity contribution >= 4 is 0 Å². The Morgan fingerprint density at radius 2 is 2.10 bits per heavy atom. The topological polar surface area (TPSA) is 24.5 Å². The summed E-state index contributed by atoms with van der Waals surface area (Å²) in [6.07, 6.45) is 8.60. The highest BCUT2D eigenvalue weighted by Crippen LogP contribution is 2.40. The zero-order valence-electron chi connectivity index (χ0n) is 13.5. The molecule has 0 amide bonds. The fraction of sp³-hybridized carbons (Fsp3) is 1.00. The number of ether oxygens (including phenoxy) is 1. The first-order chi connectivity index (χ1) is 9.59. The standard InChI is InChI=1S/C17H32N2O/c1-17(2)8-7-14(18-3)13(11-17)12-19-9-10-20-16-6-4-5-15(16)19/h13-16,18H,4-12H2,1-3H3. The van der Waals surface area contributed by atoms with Gasteiger partial charge in [0.05, 0.1) is 12.7 Å². The summed E-state index contributed by atoms with van der Waals surface area (Å²) in [5, 5.41) is 3.58. The van der Waals surface area contributed by atoms with E-state index in [1.165, 1.54) is 45.1 Å². The maximum absolute atomic E-state index is 5.96. The van der Waals surface area contributed by atoms with Gasteiger partial charge in [-0.05, 0) is 56.9 Å². The summed E-state index contributed by atoms with van der Waals surface area (Å²) in [7, 11) is 2.15. The molecule has 0 bridgehead atoms. The van der Waals surface area contributed by atoms with Crippen LogP contribution in [0.5, 0.6) is 0 Å². The van der Waals surface area contributed by atoms with Gasteiger partial charge in [0.1, 0.15) is 0 Å². The van der Waals surface area contributed by atoms with Gasteiger partial charge in [-0.1, -0.05) is 13.8 Å². The SMILES string of the molecule is CNC1CCC(C)(C)CC1CN1CCOC2CCCC21. The van der Waals surface area contributed by atoms with E-state index in [9.17, 15) is 0 Å². The molecule has 3 heteroatoms. The molecule has 1 N–H and O–H groups in total. The lowest BCUT2D eigenvalue weighted by Crippen LogP contribution is -2.53. The molecular formula is C17H32N2O. The summed E-state index contributed by atoms with van der Waals surface area (Å²) in [4.78, 5) is 2.76. The third-order valence-corrected chi connectivity index (χ3v) is 5.95. The molecule has 1 saturated heterocycles. The minimum Gasteiger partial charge on any atom is -0.375 e. The summed E-state index contributed by atoms with van der Waals surface area (Å²) < 4.78 is 5.96. The zero-order chi connectivity index (χ0) is 14.2. The van der Waals surface area contributed by atoms with Crippen molar-refractivity contribution in [2.24, 2.45) is 11.3 Å². The number of fused-ring (bicyclic) bond motifs is 1. The van der Waals surface area contributed by atoms with Gasteiger partial charge in [0, 0.05) is 25.2 Å². The van der Waals surface area contributed by atoms with Crippen LogP contribution >= 0.6 is 0 Å². The fourth-order valence-corrected chi connectivity index (χ4v) is 4.84. The van der Waals surface area contributed by atoms with Crippen LogP contribution < -0.4 is 5.32 Å². The van der Waals surface area contributed by atoms with E-state index in [1.54, 1.807) is 0 Å². The summed E-state index contributed by atoms with van der Waals surface area (Å²) in [5.41, 5.74) is 0.527. The molecule has 3 nitrogen and oxygen atoms in total. The summed E-state index contributed by atoms with van der Waals surface area (Å²) >= 11 is 0. The first-order valence-corrected chi connectivity index (χ1v) is 8.62. The Labute approximate surface area is 124 Å². The van der Waals surface area contributed by atoms with Crippen LogP contribution in [0, 0.1) is 11.3 Å². The van der Waals surface area contributed by atoms with Crippen molar-refractivity contribution in [3.63, 3.8) is 0 Å². The molecule has 0 radical (unpaired) electrons. The molecule has 3 fully saturated rings. The zero-order valence-corrected chi connectivity index (χ0v) is 13.5. The largest absolute Gasteiger partial charge is 0.375 e. The van der Waals surface area contributed by atoms with E-state index in [0.717, 1.165) is 19.1 Å². The van der Waals surface area contributed by atoms with Crippen LogP contribution in [0.25, 0.3) is 0 Å². The third kappa shape index (κ3) is 3.05. The van der Waals surface area contributed by atoms with Gasteiger partial charge in [-0.3, -0.25) is 4.90 Å². The lowest BCUT2D eigenvalue weighted by molar-refractivity contribution is -0.0657. The summed E-state index contributed by atoms with van der Waals surface area (Å²) in [6.45, 7) is 8.27. The molecule has 4 atom stereocenters. The number of hydrogen-bond acceptors (Lipinski definition) is 3. The van der Waals surface area contributed by atoms with Crippen molar-refractivity contribution in [1.29, 1.82) is 0 Å². The minimum atomic E-state index is 0.527. The second-order valence-corrected chi connectivity index (χ2v) is 7.96. The van der Waals surface area contributed by atoms with Crippen LogP contribution in [-0.4, -0.2) is 49.8 Å². The van der Waals surface area contributed by atoms with Gasteiger partial charge in [-0.15, -0.1) is 0 Å². The van der Waals surface area contributed by atoms with Crippen LogP contribution in [0.4, 0.5) is 0 Å². The van der Waals surface area contributed by atoms with Crippen molar-refractivity contribution in [2.45, 2.75) is 70.6 Å². The second kappa shape index (κ2) is 5.94. The van der Waals surface area contributed by atoms with Gasteiger partial charge in [0.2, 0.25) is 0 Å². The van der Waals surface area contributed by atoms with E-state index < -0.39 is 0 Å². The molecule has 116 valence electrons. The molecule has 2 saturated carbocycles. The Morgan fingerprint density at radius 3 is 2.90 bits per heavy atom. The molecule has 0 aromatic heterocycles. The van der Waals surface area contributed by atoms with Crippen LogP contribution in [0.15, 0.2) is 0 Å². The average Bonchev–Trinajstić information content (AvgIpc) is 2.87. The van der Waals surface area contributed by atoms with Gasteiger partial charge in [0.25, 0.3) is 0 Å². The minimum absolute atomic E-state index is 0.527. The molecule has 3 aliphatic rings. The number of nitrogens with zero attached hydrogens (tertiary/aromatic N) is 1. The molecule has 4 unspecified atom stereocenters. The molecule has 1 aliphatic heterocycles. The fourth-order valence-electron chi connectivity index (χ4n) is 4.84. The smallest absolute Gasteiger partial charge is 0.0730 e. The Kier molecular flexibility index (Phi) is 4.40. The van der Waals surface area contributed by atoms with E-state index in [0.29, 0.717) is 23.6 Å². The van der Waals surface area contributed by atoms with E-state index in [-0.39, 0.29) is 0 Å². The monoisotopic (exact) mass is 280 g/mol. The van der Waals surface area contributed by atoms with Crippen molar-refractivity contribution in [3.05, 3.63) is 0 Å². The van der Waals surface area contributed by atoms with Crippen molar-refractivity contribution in [1.82, 2.24) is 10.2 Å². The molecule has 2 aliphatic carbocycles. The highest BCUT2D eigenvalue weighted by atomic mass is 16.5. The number of rotatable bonds is 3. The quantitative estimate of drug-likeness (QED) is 0.860. The predicted octanol–water partition coefficient (Wildman–Crippen LogP) is 2.65. The van der Waals surface area contributed by atoms with E-state index in [2.05, 4.69) is 31.1 Å². The van der Waals surface area contributed by atoms with Crippen LogP contribution in [0.3, 0.4) is 0 Å². The van der Waals surface area contributed by atoms with E-state index >= 15 is 0 Å².